The Morgan fingerprint density at radius 3 is 3.24 bits per heavy atom. The molecule has 4 nitrogen and oxygen atoms in total. The van der Waals surface area contributed by atoms with Crippen LogP contribution in [0.1, 0.15) is 12.5 Å². The average molecular weight is 247 g/mol. The molecule has 1 N–H and O–H groups in total. The van der Waals surface area contributed by atoms with Crippen molar-refractivity contribution in [3.63, 3.8) is 0 Å². The molecule has 1 rings (SSSR count). The molecule has 0 saturated heterocycles. The van der Waals surface area contributed by atoms with Gasteiger partial charge >= 0.3 is 0 Å². The summed E-state index contributed by atoms with van der Waals surface area (Å²) in [6, 6.07) is 5.34. The first-order valence-corrected chi connectivity index (χ1v) is 5.96. The van der Waals surface area contributed by atoms with Gasteiger partial charge in [-0.25, -0.2) is 4.98 Å². The molecule has 0 aliphatic heterocycles. The maximum atomic E-state index is 11.6. The minimum Gasteiger partial charge on any atom is -0.352 e. The molecule has 1 amide bonds. The first-order valence-electron chi connectivity index (χ1n) is 5.08. The fraction of sp³-hybridized carbons (Fsp3) is 0.250. The molecule has 5 heteroatoms. The Morgan fingerprint density at radius 1 is 1.82 bits per heavy atom. The number of nitrogens with one attached hydrogen (secondary N) is 1. The predicted molar refractivity (Wildman–Crippen MR) is 67.5 cm³/mol. The Morgan fingerprint density at radius 2 is 2.59 bits per heavy atom. The minimum absolute atomic E-state index is 0.0703. The van der Waals surface area contributed by atoms with Crippen LogP contribution < -0.4 is 5.32 Å². The number of hydrogen-bond donors (Lipinski definition) is 1. The largest absolute Gasteiger partial charge is 0.352 e. The molecule has 1 heterocycles. The molecule has 17 heavy (non-hydrogen) atoms. The van der Waals surface area contributed by atoms with Gasteiger partial charge in [-0.05, 0) is 19.1 Å². The van der Waals surface area contributed by atoms with Gasteiger partial charge in [0.1, 0.15) is 0 Å². The van der Waals surface area contributed by atoms with Crippen molar-refractivity contribution >= 4 is 17.7 Å². The zero-order chi connectivity index (χ0) is 12.7. The molecule has 1 aromatic heterocycles. The van der Waals surface area contributed by atoms with Gasteiger partial charge in [0.25, 0.3) is 0 Å². The van der Waals surface area contributed by atoms with Crippen molar-refractivity contribution in [3.8, 4) is 6.07 Å². The SMILES string of the molecule is C=CCNC(=O)C(C)Sc1cc(C#N)ccn1. The molecule has 0 aliphatic carbocycles. The summed E-state index contributed by atoms with van der Waals surface area (Å²) in [5.41, 5.74) is 0.543. The van der Waals surface area contributed by atoms with Gasteiger partial charge in [0, 0.05) is 12.7 Å². The van der Waals surface area contributed by atoms with E-state index in [4.69, 9.17) is 5.26 Å². The third-order valence-electron chi connectivity index (χ3n) is 1.95. The van der Waals surface area contributed by atoms with Gasteiger partial charge in [-0.1, -0.05) is 17.8 Å². The smallest absolute Gasteiger partial charge is 0.233 e. The number of thioether (sulfide) groups is 1. The monoisotopic (exact) mass is 247 g/mol. The van der Waals surface area contributed by atoms with E-state index < -0.39 is 0 Å². The number of pyridine rings is 1. The Hall–Kier alpha value is -1.80. The highest BCUT2D eigenvalue weighted by atomic mass is 32.2. The van der Waals surface area contributed by atoms with Gasteiger partial charge in [0.2, 0.25) is 5.91 Å². The molecule has 88 valence electrons. The molecule has 0 spiro atoms. The first-order chi connectivity index (χ1) is 8.17. The van der Waals surface area contributed by atoms with Crippen molar-refractivity contribution < 1.29 is 4.79 Å². The number of amides is 1. The van der Waals surface area contributed by atoms with Gasteiger partial charge in [-0.3, -0.25) is 4.79 Å². The molecule has 1 unspecified atom stereocenters. The number of hydrogen-bond acceptors (Lipinski definition) is 4. The van der Waals surface area contributed by atoms with E-state index in [0.717, 1.165) is 0 Å². The summed E-state index contributed by atoms with van der Waals surface area (Å²) < 4.78 is 0. The maximum absolute atomic E-state index is 11.6. The van der Waals surface area contributed by atoms with Crippen molar-refractivity contribution in [2.45, 2.75) is 17.2 Å². The van der Waals surface area contributed by atoms with Crippen molar-refractivity contribution in [1.29, 1.82) is 5.26 Å². The Kier molecular flexibility index (Phi) is 5.24. The second-order valence-corrected chi connectivity index (χ2v) is 4.65. The number of carbonyl (C=O) groups is 1. The normalized spacial score (nSPS) is 11.3. The molecule has 0 saturated carbocycles. The topological polar surface area (TPSA) is 65.8 Å². The van der Waals surface area contributed by atoms with Crippen LogP contribution >= 0.6 is 11.8 Å². The highest BCUT2D eigenvalue weighted by Gasteiger charge is 2.14. The van der Waals surface area contributed by atoms with Crippen molar-refractivity contribution in [2.75, 3.05) is 6.54 Å². The van der Waals surface area contributed by atoms with Gasteiger partial charge in [0.15, 0.2) is 0 Å². The standard InChI is InChI=1S/C12H13N3OS/c1-3-5-15-12(16)9(2)17-11-7-10(8-13)4-6-14-11/h3-4,6-7,9H,1,5H2,2H3,(H,15,16). The molecule has 0 aliphatic rings. The van der Waals surface area contributed by atoms with E-state index in [1.807, 2.05) is 6.07 Å². The second-order valence-electron chi connectivity index (χ2n) is 3.29. The van der Waals surface area contributed by atoms with Crippen molar-refractivity contribution in [3.05, 3.63) is 36.5 Å². The van der Waals surface area contributed by atoms with E-state index in [2.05, 4.69) is 16.9 Å². The molecule has 0 bridgehead atoms. The van der Waals surface area contributed by atoms with Crippen LogP contribution in [0.4, 0.5) is 0 Å². The Bertz CT molecular complexity index is 453. The van der Waals surface area contributed by atoms with Crippen LogP contribution in [0.25, 0.3) is 0 Å². The highest BCUT2D eigenvalue weighted by Crippen LogP contribution is 2.21. The summed E-state index contributed by atoms with van der Waals surface area (Å²) >= 11 is 1.32. The summed E-state index contributed by atoms with van der Waals surface area (Å²) in [6.45, 7) is 5.78. The molecule has 0 aromatic carbocycles. The van der Waals surface area contributed by atoms with Crippen molar-refractivity contribution in [2.24, 2.45) is 0 Å². The summed E-state index contributed by atoms with van der Waals surface area (Å²) in [5, 5.41) is 11.9. The number of rotatable bonds is 5. The number of nitriles is 1. The summed E-state index contributed by atoms with van der Waals surface area (Å²) in [6.07, 6.45) is 3.19. The lowest BCUT2D eigenvalue weighted by molar-refractivity contribution is -0.120. The third kappa shape index (κ3) is 4.29. The lowest BCUT2D eigenvalue weighted by Gasteiger charge is -2.10. The van der Waals surface area contributed by atoms with Crippen LogP contribution in [0.2, 0.25) is 0 Å². The van der Waals surface area contributed by atoms with E-state index in [1.165, 1.54) is 11.8 Å². The summed E-state index contributed by atoms with van der Waals surface area (Å²) in [7, 11) is 0. The van der Waals surface area contributed by atoms with Gasteiger partial charge < -0.3 is 5.32 Å². The second kappa shape index (κ2) is 6.71. The van der Waals surface area contributed by atoms with E-state index >= 15 is 0 Å². The van der Waals surface area contributed by atoms with E-state index in [0.29, 0.717) is 17.1 Å². The van der Waals surface area contributed by atoms with Crippen LogP contribution in [-0.4, -0.2) is 22.7 Å². The Balaban J connectivity index is 2.61. The fourth-order valence-corrected chi connectivity index (χ4v) is 1.96. The predicted octanol–water partition coefficient (Wildman–Crippen LogP) is 1.74. The minimum atomic E-state index is -0.253. The van der Waals surface area contributed by atoms with E-state index in [1.54, 1.807) is 31.3 Å². The highest BCUT2D eigenvalue weighted by molar-refractivity contribution is 8.00. The van der Waals surface area contributed by atoms with Gasteiger partial charge in [-0.15, -0.1) is 6.58 Å². The zero-order valence-corrected chi connectivity index (χ0v) is 10.3. The van der Waals surface area contributed by atoms with Crippen LogP contribution in [0.5, 0.6) is 0 Å². The first kappa shape index (κ1) is 13.3. The molecule has 1 atom stereocenters. The van der Waals surface area contributed by atoms with Crippen LogP contribution in [0.3, 0.4) is 0 Å². The van der Waals surface area contributed by atoms with E-state index in [-0.39, 0.29) is 11.2 Å². The van der Waals surface area contributed by atoms with Gasteiger partial charge in [-0.2, -0.15) is 5.26 Å². The lowest BCUT2D eigenvalue weighted by Crippen LogP contribution is -2.30. The van der Waals surface area contributed by atoms with E-state index in [9.17, 15) is 4.79 Å². The fourth-order valence-electron chi connectivity index (χ4n) is 1.09. The number of nitrogens with zero attached hydrogens (tertiary/aromatic N) is 2. The molecular formula is C12H13N3OS. The zero-order valence-electron chi connectivity index (χ0n) is 9.51. The van der Waals surface area contributed by atoms with Gasteiger partial charge in [0.05, 0.1) is 21.9 Å². The molecule has 1 aromatic rings. The number of aromatic nitrogens is 1. The molecule has 0 radical (unpaired) electrons. The van der Waals surface area contributed by atoms with Crippen LogP contribution in [0.15, 0.2) is 36.0 Å². The molecular weight excluding hydrogens is 234 g/mol. The number of carbonyl (C=O) groups excluding carboxylic acids is 1. The molecule has 0 fully saturated rings. The summed E-state index contributed by atoms with van der Waals surface area (Å²) in [5.74, 6) is -0.0703. The van der Waals surface area contributed by atoms with Crippen molar-refractivity contribution in [1.82, 2.24) is 10.3 Å². The lowest BCUT2D eigenvalue weighted by atomic mass is 10.3. The van der Waals surface area contributed by atoms with Crippen LogP contribution in [-0.2, 0) is 4.79 Å². The third-order valence-corrected chi connectivity index (χ3v) is 2.98. The Labute approximate surface area is 105 Å². The summed E-state index contributed by atoms with van der Waals surface area (Å²) in [4.78, 5) is 15.7. The van der Waals surface area contributed by atoms with Crippen LogP contribution in [0, 0.1) is 11.3 Å². The average Bonchev–Trinajstić information content (AvgIpc) is 2.36. The quantitative estimate of drug-likeness (QED) is 0.635. The maximum Gasteiger partial charge on any atom is 0.233 e.